The molecule has 0 saturated heterocycles. The lowest BCUT2D eigenvalue weighted by atomic mass is 10.1. The van der Waals surface area contributed by atoms with Crippen molar-refractivity contribution in [3.63, 3.8) is 0 Å². The number of rotatable bonds is 10. The number of sulfonamides is 1. The molecule has 5 N–H and O–H groups in total. The third kappa shape index (κ3) is 5.22. The van der Waals surface area contributed by atoms with Crippen LogP contribution < -0.4 is 15.4 Å². The number of hydrogen-bond donors (Lipinski definition) is 5. The lowest BCUT2D eigenvalue weighted by Crippen LogP contribution is -2.37. The molecule has 3 heterocycles. The quantitative estimate of drug-likeness (QED) is 0.249. The second-order valence-electron chi connectivity index (χ2n) is 10.7. The van der Waals surface area contributed by atoms with Crippen molar-refractivity contribution in [1.82, 2.24) is 24.7 Å². The minimum atomic E-state index is -3.55. The fraction of sp³-hybridized carbons (Fsp3) is 0.600. The summed E-state index contributed by atoms with van der Waals surface area (Å²) in [6.07, 6.45) is 4.42. The van der Waals surface area contributed by atoms with Crippen molar-refractivity contribution in [2.45, 2.75) is 63.2 Å². The van der Waals surface area contributed by atoms with Crippen molar-refractivity contribution < 1.29 is 18.6 Å². The first kappa shape index (κ1) is 25.8. The Hall–Kier alpha value is -2.45. The van der Waals surface area contributed by atoms with Crippen molar-refractivity contribution in [2.24, 2.45) is 11.8 Å². The smallest absolute Gasteiger partial charge is 0.224 e. The molecule has 0 spiro atoms. The SMILES string of the molecule is CNS(=O)(=O)C[C@H]1CC(Nc2nc(NCC3CC3)nc(C)c2-c2nc3c(C4CC4)nccc3s2)[C@H](O)[C@@H]1O. The summed E-state index contributed by atoms with van der Waals surface area (Å²) in [5.74, 6) is 1.20. The van der Waals surface area contributed by atoms with Gasteiger partial charge in [0.05, 0.1) is 39.5 Å². The lowest BCUT2D eigenvalue weighted by Gasteiger charge is -2.21. The molecule has 0 aliphatic heterocycles. The summed E-state index contributed by atoms with van der Waals surface area (Å²) >= 11 is 1.55. The van der Waals surface area contributed by atoms with Crippen LogP contribution in [0.2, 0.25) is 0 Å². The van der Waals surface area contributed by atoms with Gasteiger partial charge in [0.2, 0.25) is 16.0 Å². The number of nitrogens with one attached hydrogen (secondary N) is 3. The number of hydrogen-bond acceptors (Lipinski definition) is 11. The van der Waals surface area contributed by atoms with Gasteiger partial charge in [-0.3, -0.25) is 4.98 Å². The van der Waals surface area contributed by atoms with Gasteiger partial charge in [-0.1, -0.05) is 0 Å². The highest BCUT2D eigenvalue weighted by molar-refractivity contribution is 7.89. The fourth-order valence-corrected chi connectivity index (χ4v) is 7.31. The van der Waals surface area contributed by atoms with E-state index >= 15 is 0 Å². The largest absolute Gasteiger partial charge is 0.390 e. The van der Waals surface area contributed by atoms with Crippen LogP contribution in [0.5, 0.6) is 0 Å². The maximum atomic E-state index is 12.1. The van der Waals surface area contributed by atoms with Crippen molar-refractivity contribution in [3.05, 3.63) is 23.7 Å². The van der Waals surface area contributed by atoms with Crippen LogP contribution in [0.3, 0.4) is 0 Å². The molecule has 6 rings (SSSR count). The molecule has 3 aromatic rings. The molecule has 11 nitrogen and oxygen atoms in total. The minimum absolute atomic E-state index is 0.265. The van der Waals surface area contributed by atoms with Gasteiger partial charge in [-0.05, 0) is 58.1 Å². The van der Waals surface area contributed by atoms with Gasteiger partial charge in [0.1, 0.15) is 22.4 Å². The zero-order valence-corrected chi connectivity index (χ0v) is 23.0. The van der Waals surface area contributed by atoms with E-state index in [2.05, 4.69) is 20.3 Å². The average Bonchev–Trinajstić information content (AvgIpc) is 3.82. The molecular weight excluding hydrogens is 526 g/mol. The van der Waals surface area contributed by atoms with Crippen LogP contribution >= 0.6 is 11.3 Å². The van der Waals surface area contributed by atoms with Crippen LogP contribution in [-0.2, 0) is 10.0 Å². The second kappa shape index (κ2) is 9.94. The maximum Gasteiger partial charge on any atom is 0.224 e. The number of pyridine rings is 1. The van der Waals surface area contributed by atoms with E-state index < -0.39 is 34.2 Å². The van der Waals surface area contributed by atoms with Gasteiger partial charge in [0.15, 0.2) is 0 Å². The molecular formula is C25H33N7O4S2. The van der Waals surface area contributed by atoms with Crippen molar-refractivity contribution in [2.75, 3.05) is 30.0 Å². The van der Waals surface area contributed by atoms with Crippen LogP contribution in [0.25, 0.3) is 20.8 Å². The molecule has 4 atom stereocenters. The van der Waals surface area contributed by atoms with E-state index in [9.17, 15) is 18.6 Å². The predicted molar refractivity (Wildman–Crippen MR) is 147 cm³/mol. The van der Waals surface area contributed by atoms with Crippen molar-refractivity contribution in [1.29, 1.82) is 0 Å². The number of thiazole rings is 1. The molecule has 3 aliphatic carbocycles. The second-order valence-corrected chi connectivity index (χ2v) is 13.7. The Morgan fingerprint density at radius 2 is 1.89 bits per heavy atom. The van der Waals surface area contributed by atoms with Gasteiger partial charge >= 0.3 is 0 Å². The lowest BCUT2D eigenvalue weighted by molar-refractivity contribution is 0.0216. The summed E-state index contributed by atoms with van der Waals surface area (Å²) in [5.41, 5.74) is 3.41. The molecule has 1 unspecified atom stereocenters. The third-order valence-electron chi connectivity index (χ3n) is 7.72. The minimum Gasteiger partial charge on any atom is -0.390 e. The van der Waals surface area contributed by atoms with Gasteiger partial charge < -0.3 is 20.8 Å². The number of anilines is 2. The maximum absolute atomic E-state index is 12.1. The molecule has 0 amide bonds. The van der Waals surface area contributed by atoms with E-state index in [0.717, 1.165) is 51.6 Å². The van der Waals surface area contributed by atoms with Gasteiger partial charge in [-0.2, -0.15) is 4.98 Å². The van der Waals surface area contributed by atoms with E-state index in [0.29, 0.717) is 23.6 Å². The number of aliphatic hydroxyl groups excluding tert-OH is 2. The van der Waals surface area contributed by atoms with Crippen LogP contribution in [-0.4, -0.2) is 76.2 Å². The molecule has 3 fully saturated rings. The van der Waals surface area contributed by atoms with Crippen LogP contribution in [0.15, 0.2) is 12.3 Å². The first-order chi connectivity index (χ1) is 18.2. The Labute approximate surface area is 225 Å². The number of nitrogens with zero attached hydrogens (tertiary/aromatic N) is 4. The Morgan fingerprint density at radius 3 is 2.61 bits per heavy atom. The van der Waals surface area contributed by atoms with E-state index in [1.54, 1.807) is 11.3 Å². The van der Waals surface area contributed by atoms with Gasteiger partial charge in [0.25, 0.3) is 0 Å². The highest BCUT2D eigenvalue weighted by atomic mass is 32.2. The van der Waals surface area contributed by atoms with E-state index in [4.69, 9.17) is 15.0 Å². The summed E-state index contributed by atoms with van der Waals surface area (Å²) in [4.78, 5) is 19.1. The number of fused-ring (bicyclic) bond motifs is 1. The first-order valence-electron chi connectivity index (χ1n) is 13.1. The van der Waals surface area contributed by atoms with E-state index in [1.807, 2.05) is 19.2 Å². The van der Waals surface area contributed by atoms with E-state index in [1.165, 1.54) is 19.9 Å². The molecule has 0 radical (unpaired) electrons. The van der Waals surface area contributed by atoms with Crippen LogP contribution in [0.4, 0.5) is 11.8 Å². The average molecular weight is 560 g/mol. The van der Waals surface area contributed by atoms with Crippen molar-refractivity contribution in [3.8, 4) is 10.6 Å². The predicted octanol–water partition coefficient (Wildman–Crippen LogP) is 2.23. The molecule has 0 bridgehead atoms. The van der Waals surface area contributed by atoms with Crippen LogP contribution in [0, 0.1) is 18.8 Å². The molecule has 0 aromatic carbocycles. The molecule has 3 saturated carbocycles. The summed E-state index contributed by atoms with van der Waals surface area (Å²) in [7, 11) is -2.21. The molecule has 38 heavy (non-hydrogen) atoms. The molecule has 3 aliphatic rings. The number of aromatic nitrogens is 4. The monoisotopic (exact) mass is 559 g/mol. The summed E-state index contributed by atoms with van der Waals surface area (Å²) in [5, 5.41) is 28.9. The standard InChI is InChI=1S/C25H33N7O4S2/c1-12-18(24-31-20-17(37-24)7-8-27-19(20)14-5-6-14)23(32-25(29-12)28-10-13-3-4-13)30-16-9-15(21(33)22(16)34)11-38(35,36)26-2/h7-8,13-16,21-22,26,33-34H,3-6,9-11H2,1-2H3,(H2,28,29,30,32)/t15-,16?,21-,22+/m1/s1. The zero-order chi connectivity index (χ0) is 26.6. The highest BCUT2D eigenvalue weighted by Gasteiger charge is 2.43. The summed E-state index contributed by atoms with van der Waals surface area (Å²) in [6, 6.07) is 1.38. The van der Waals surface area contributed by atoms with Crippen molar-refractivity contribution >= 4 is 43.3 Å². The van der Waals surface area contributed by atoms with Gasteiger partial charge in [0, 0.05) is 24.6 Å². The van der Waals surface area contributed by atoms with Crippen LogP contribution in [0.1, 0.15) is 49.4 Å². The Bertz CT molecular complexity index is 1460. The molecule has 3 aromatic heterocycles. The number of aryl methyl sites for hydroxylation is 1. The zero-order valence-electron chi connectivity index (χ0n) is 21.4. The third-order valence-corrected chi connectivity index (χ3v) is 10.2. The van der Waals surface area contributed by atoms with E-state index in [-0.39, 0.29) is 12.2 Å². The Kier molecular flexibility index (Phi) is 6.75. The number of aliphatic hydroxyl groups is 2. The first-order valence-corrected chi connectivity index (χ1v) is 15.6. The van der Waals surface area contributed by atoms with Gasteiger partial charge in [-0.25, -0.2) is 23.1 Å². The normalized spacial score (nSPS) is 25.7. The molecule has 204 valence electrons. The Balaban J connectivity index is 1.35. The molecule has 13 heteroatoms. The van der Waals surface area contributed by atoms with Gasteiger partial charge in [-0.15, -0.1) is 11.3 Å². The Morgan fingerprint density at radius 1 is 1.11 bits per heavy atom. The topological polar surface area (TPSA) is 162 Å². The summed E-state index contributed by atoms with van der Waals surface area (Å²) in [6.45, 7) is 2.71. The summed E-state index contributed by atoms with van der Waals surface area (Å²) < 4.78 is 27.6. The fourth-order valence-electron chi connectivity index (χ4n) is 5.18. The highest BCUT2D eigenvalue weighted by Crippen LogP contribution is 2.44.